The van der Waals surface area contributed by atoms with Crippen molar-refractivity contribution in [2.75, 3.05) is 6.61 Å². The van der Waals surface area contributed by atoms with Crippen LogP contribution >= 0.6 is 0 Å². The van der Waals surface area contributed by atoms with E-state index in [2.05, 4.69) is 0 Å². The number of ether oxygens (including phenoxy) is 6. The van der Waals surface area contributed by atoms with Crippen molar-refractivity contribution in [1.29, 1.82) is 0 Å². The van der Waals surface area contributed by atoms with Crippen molar-refractivity contribution in [3.05, 3.63) is 23.8 Å². The van der Waals surface area contributed by atoms with E-state index < -0.39 is 47.3 Å². The lowest BCUT2D eigenvalue weighted by atomic mass is 9.86. The molecule has 1 unspecified atom stereocenters. The van der Waals surface area contributed by atoms with Crippen LogP contribution in [0.25, 0.3) is 0 Å². The summed E-state index contributed by atoms with van der Waals surface area (Å²) in [5.41, 5.74) is 3.10. The fourth-order valence-corrected chi connectivity index (χ4v) is 3.50. The van der Waals surface area contributed by atoms with Gasteiger partial charge in [-0.2, -0.15) is 0 Å². The molecule has 12 nitrogen and oxygen atoms in total. The lowest BCUT2D eigenvalue weighted by molar-refractivity contribution is -0.144. The second-order valence-electron chi connectivity index (χ2n) is 11.5. The summed E-state index contributed by atoms with van der Waals surface area (Å²) >= 11 is 0. The topological polar surface area (TPSA) is 170 Å². The van der Waals surface area contributed by atoms with Gasteiger partial charge in [-0.05, 0) is 71.6 Å². The number of carbonyl (C=O) groups excluding carboxylic acids is 3. The Balaban J connectivity index is 3.19. The Hall–Kier alpha value is -3.54. The molecule has 1 rings (SSSR count). The van der Waals surface area contributed by atoms with Crippen LogP contribution in [0.2, 0.25) is 0 Å². The summed E-state index contributed by atoms with van der Waals surface area (Å²) in [7, 11) is 0. The molecule has 2 atom stereocenters. The zero-order valence-corrected chi connectivity index (χ0v) is 26.1. The van der Waals surface area contributed by atoms with Gasteiger partial charge in [0.1, 0.15) is 22.8 Å². The molecule has 0 spiro atoms. The molecule has 0 aliphatic heterocycles. The highest BCUT2D eigenvalue weighted by Crippen LogP contribution is 2.32. The molecule has 12 heteroatoms. The Morgan fingerprint density at radius 1 is 0.857 bits per heavy atom. The highest BCUT2D eigenvalue weighted by Gasteiger charge is 2.37. The Morgan fingerprint density at radius 2 is 1.40 bits per heavy atom. The first-order valence-corrected chi connectivity index (χ1v) is 14.3. The first-order chi connectivity index (χ1) is 19.5. The minimum Gasteiger partial charge on any atom is -0.480 e. The number of hydrogen-bond donors (Lipinski definition) is 2. The lowest BCUT2D eigenvalue weighted by Gasteiger charge is -2.28. The van der Waals surface area contributed by atoms with Crippen LogP contribution in [0, 0.1) is 0 Å². The second kappa shape index (κ2) is 16.2. The van der Waals surface area contributed by atoms with E-state index in [1.165, 1.54) is 25.1 Å². The SMILES string of the molecule is CCCCCOC(=O)O[C@@H](C)CC(N)(Cc1ccc(OC(=O)OC(C)(C)CC)c(OC(=O)OC(C)(C)CC)c1)C(=O)O. The third kappa shape index (κ3) is 13.0. The molecule has 0 saturated carbocycles. The summed E-state index contributed by atoms with van der Waals surface area (Å²) in [6, 6.07) is 4.13. The molecule has 0 radical (unpaired) electrons. The van der Waals surface area contributed by atoms with Gasteiger partial charge in [-0.3, -0.25) is 4.79 Å². The van der Waals surface area contributed by atoms with Crippen molar-refractivity contribution < 1.29 is 52.7 Å². The molecular weight excluding hydrogens is 550 g/mol. The van der Waals surface area contributed by atoms with Crippen molar-refractivity contribution in [2.45, 2.75) is 123 Å². The summed E-state index contributed by atoms with van der Waals surface area (Å²) in [6.07, 6.45) is -0.779. The average Bonchev–Trinajstić information content (AvgIpc) is 2.87. The van der Waals surface area contributed by atoms with E-state index in [0.29, 0.717) is 24.8 Å². The third-order valence-electron chi connectivity index (χ3n) is 6.68. The summed E-state index contributed by atoms with van der Waals surface area (Å²) in [6.45, 7) is 14.2. The van der Waals surface area contributed by atoms with Crippen molar-refractivity contribution in [3.63, 3.8) is 0 Å². The average molecular weight is 598 g/mol. The smallest absolute Gasteiger partial charge is 0.480 e. The number of benzene rings is 1. The molecule has 1 aromatic rings. The standard InChI is InChI=1S/C30H47NO11/c1-9-12-13-16-37-25(34)38-20(4)18-30(31,24(32)33)19-21-14-15-22(39-26(35)41-28(5,6)10-2)23(17-21)40-27(36)42-29(7,8)11-3/h14-15,17,20H,9-13,16,18-19,31H2,1-8H3,(H,32,33)/t20-,30?/m0/s1. The number of aliphatic carboxylic acids is 1. The van der Waals surface area contributed by atoms with Gasteiger partial charge in [0.05, 0.1) is 6.61 Å². The zero-order chi connectivity index (χ0) is 32.1. The zero-order valence-electron chi connectivity index (χ0n) is 26.1. The van der Waals surface area contributed by atoms with E-state index in [1.54, 1.807) is 27.7 Å². The number of carboxylic acid groups (broad SMARTS) is 1. The molecular formula is C30H47NO11. The van der Waals surface area contributed by atoms with Crippen LogP contribution in [-0.4, -0.2) is 59.0 Å². The van der Waals surface area contributed by atoms with E-state index in [0.717, 1.165) is 12.8 Å². The van der Waals surface area contributed by atoms with Crippen molar-refractivity contribution in [3.8, 4) is 11.5 Å². The number of rotatable bonds is 16. The highest BCUT2D eigenvalue weighted by molar-refractivity contribution is 5.79. The van der Waals surface area contributed by atoms with Gasteiger partial charge in [0.15, 0.2) is 11.5 Å². The first-order valence-electron chi connectivity index (χ1n) is 14.3. The minimum absolute atomic E-state index is 0.151. The van der Waals surface area contributed by atoms with E-state index >= 15 is 0 Å². The van der Waals surface area contributed by atoms with Crippen LogP contribution < -0.4 is 15.2 Å². The lowest BCUT2D eigenvalue weighted by Crippen LogP contribution is -2.52. The normalized spacial score (nSPS) is 13.7. The van der Waals surface area contributed by atoms with Gasteiger partial charge in [0.2, 0.25) is 0 Å². The third-order valence-corrected chi connectivity index (χ3v) is 6.68. The van der Waals surface area contributed by atoms with Gasteiger partial charge >= 0.3 is 24.4 Å². The van der Waals surface area contributed by atoms with Gasteiger partial charge in [-0.1, -0.05) is 39.7 Å². The van der Waals surface area contributed by atoms with E-state index in [9.17, 15) is 24.3 Å². The van der Waals surface area contributed by atoms with Gasteiger partial charge in [0.25, 0.3) is 0 Å². The molecule has 0 amide bonds. The molecule has 3 N–H and O–H groups in total. The van der Waals surface area contributed by atoms with Crippen LogP contribution in [0.4, 0.5) is 14.4 Å². The van der Waals surface area contributed by atoms with Crippen LogP contribution in [0.5, 0.6) is 11.5 Å². The number of nitrogens with two attached hydrogens (primary N) is 1. The molecule has 0 bridgehead atoms. The second-order valence-corrected chi connectivity index (χ2v) is 11.5. The Bertz CT molecular complexity index is 1070. The maximum Gasteiger partial charge on any atom is 0.514 e. The monoisotopic (exact) mass is 597 g/mol. The molecule has 0 aliphatic rings. The van der Waals surface area contributed by atoms with Crippen LogP contribution in [0.1, 0.15) is 99.5 Å². The molecule has 0 aromatic heterocycles. The molecule has 0 saturated heterocycles. The maximum atomic E-state index is 12.6. The van der Waals surface area contributed by atoms with Crippen LogP contribution in [0.15, 0.2) is 18.2 Å². The molecule has 0 fully saturated rings. The van der Waals surface area contributed by atoms with Gasteiger partial charge < -0.3 is 39.3 Å². The summed E-state index contributed by atoms with van der Waals surface area (Å²) in [4.78, 5) is 49.2. The molecule has 238 valence electrons. The molecule has 0 heterocycles. The summed E-state index contributed by atoms with van der Waals surface area (Å²) in [5, 5.41) is 9.96. The van der Waals surface area contributed by atoms with Crippen LogP contribution in [0.3, 0.4) is 0 Å². The Morgan fingerprint density at radius 3 is 1.90 bits per heavy atom. The molecule has 1 aromatic carbocycles. The fraction of sp³-hybridized carbons (Fsp3) is 0.667. The largest absolute Gasteiger partial charge is 0.514 e. The van der Waals surface area contributed by atoms with Crippen molar-refractivity contribution >= 4 is 24.4 Å². The highest BCUT2D eigenvalue weighted by atomic mass is 16.8. The number of carboxylic acids is 1. The van der Waals surface area contributed by atoms with Gasteiger partial charge in [-0.15, -0.1) is 0 Å². The maximum absolute atomic E-state index is 12.6. The predicted molar refractivity (Wildman–Crippen MR) is 154 cm³/mol. The van der Waals surface area contributed by atoms with Gasteiger partial charge in [0, 0.05) is 12.8 Å². The van der Waals surface area contributed by atoms with Crippen molar-refractivity contribution in [1.82, 2.24) is 0 Å². The summed E-state index contributed by atoms with van der Waals surface area (Å²) in [5.74, 6) is -1.70. The Labute approximate surface area is 248 Å². The van der Waals surface area contributed by atoms with Crippen LogP contribution in [-0.2, 0) is 30.2 Å². The molecule has 0 aliphatic carbocycles. The summed E-state index contributed by atoms with van der Waals surface area (Å²) < 4.78 is 31.6. The number of carbonyl (C=O) groups is 4. The molecule has 42 heavy (non-hydrogen) atoms. The predicted octanol–water partition coefficient (Wildman–Crippen LogP) is 6.54. The van der Waals surface area contributed by atoms with Crippen molar-refractivity contribution in [2.24, 2.45) is 5.73 Å². The fourth-order valence-electron chi connectivity index (χ4n) is 3.50. The first kappa shape index (κ1) is 36.5. The number of hydrogen-bond acceptors (Lipinski definition) is 11. The van der Waals surface area contributed by atoms with Gasteiger partial charge in [-0.25, -0.2) is 14.4 Å². The Kier molecular flexibility index (Phi) is 14.1. The van der Waals surface area contributed by atoms with E-state index in [-0.39, 0.29) is 30.9 Å². The quantitative estimate of drug-likeness (QED) is 0.0914. The van der Waals surface area contributed by atoms with E-state index in [4.69, 9.17) is 34.2 Å². The number of unbranched alkanes of at least 4 members (excludes halogenated alkanes) is 2. The van der Waals surface area contributed by atoms with E-state index in [1.807, 2.05) is 20.8 Å². The minimum atomic E-state index is -1.88.